The zero-order valence-corrected chi connectivity index (χ0v) is 5.13. The first kappa shape index (κ1) is 5.03. The molecule has 2 rings (SSSR count). The van der Waals surface area contributed by atoms with E-state index in [4.69, 9.17) is 0 Å². The van der Waals surface area contributed by atoms with Crippen LogP contribution < -0.4 is 5.32 Å². The quantitative estimate of drug-likeness (QED) is 0.368. The lowest BCUT2D eigenvalue weighted by molar-refractivity contribution is -0.134. The first-order valence-corrected chi connectivity index (χ1v) is 3.35. The molecule has 1 heterocycles. The minimum atomic E-state index is 0.240. The van der Waals surface area contributed by atoms with Gasteiger partial charge in [-0.25, -0.2) is 0 Å². The second kappa shape index (κ2) is 1.59. The van der Waals surface area contributed by atoms with Gasteiger partial charge in [0.2, 0.25) is 5.91 Å². The standard InChI is InChI=1S/C7H9NO/c9-7-5-3-1-2-4-6(5)8-7/h2,4-6H,1,3H2,(H,8,9)/t5-,6-/m1/s1. The molecule has 1 saturated heterocycles. The van der Waals surface area contributed by atoms with E-state index in [0.717, 1.165) is 12.8 Å². The number of fused-ring (bicyclic) bond motifs is 1. The highest BCUT2D eigenvalue weighted by atomic mass is 16.2. The molecule has 0 spiro atoms. The predicted molar refractivity (Wildman–Crippen MR) is 33.8 cm³/mol. The smallest absolute Gasteiger partial charge is 0.226 e. The van der Waals surface area contributed by atoms with Crippen molar-refractivity contribution in [2.24, 2.45) is 5.92 Å². The van der Waals surface area contributed by atoms with Gasteiger partial charge in [-0.05, 0) is 12.8 Å². The summed E-state index contributed by atoms with van der Waals surface area (Å²) >= 11 is 0. The molecular formula is C7H9NO. The van der Waals surface area contributed by atoms with Crippen molar-refractivity contribution in [3.05, 3.63) is 12.2 Å². The van der Waals surface area contributed by atoms with Crippen LogP contribution in [0.5, 0.6) is 0 Å². The van der Waals surface area contributed by atoms with Gasteiger partial charge < -0.3 is 5.32 Å². The van der Waals surface area contributed by atoms with Gasteiger partial charge in [0, 0.05) is 0 Å². The van der Waals surface area contributed by atoms with Crippen molar-refractivity contribution >= 4 is 5.91 Å². The summed E-state index contributed by atoms with van der Waals surface area (Å²) in [7, 11) is 0. The van der Waals surface area contributed by atoms with Crippen LogP contribution in [-0.4, -0.2) is 11.9 Å². The highest BCUT2D eigenvalue weighted by Crippen LogP contribution is 2.25. The van der Waals surface area contributed by atoms with Gasteiger partial charge in [-0.1, -0.05) is 12.2 Å². The summed E-state index contributed by atoms with van der Waals surface area (Å²) in [5.74, 6) is 0.555. The summed E-state index contributed by atoms with van der Waals surface area (Å²) in [6.45, 7) is 0. The molecule has 48 valence electrons. The molecule has 2 heteroatoms. The van der Waals surface area contributed by atoms with Crippen LogP contribution in [0.4, 0.5) is 0 Å². The lowest BCUT2D eigenvalue weighted by atomic mass is 9.83. The first-order valence-electron chi connectivity index (χ1n) is 3.35. The highest BCUT2D eigenvalue weighted by molar-refractivity contribution is 5.86. The normalized spacial score (nSPS) is 38.9. The molecule has 2 atom stereocenters. The van der Waals surface area contributed by atoms with Crippen LogP contribution in [0.1, 0.15) is 12.8 Å². The van der Waals surface area contributed by atoms with Gasteiger partial charge in [0.15, 0.2) is 0 Å². The topological polar surface area (TPSA) is 29.1 Å². The van der Waals surface area contributed by atoms with E-state index in [1.807, 2.05) is 0 Å². The van der Waals surface area contributed by atoms with Crippen LogP contribution in [0, 0.1) is 5.92 Å². The SMILES string of the molecule is O=C1N[C@@H]2C=CCC[C@@H]12. The zero-order chi connectivity index (χ0) is 6.27. The Labute approximate surface area is 53.9 Å². The van der Waals surface area contributed by atoms with E-state index in [0.29, 0.717) is 12.0 Å². The Hall–Kier alpha value is -0.790. The molecular weight excluding hydrogens is 114 g/mol. The Morgan fingerprint density at radius 1 is 1.67 bits per heavy atom. The summed E-state index contributed by atoms with van der Waals surface area (Å²) in [5.41, 5.74) is 0. The van der Waals surface area contributed by atoms with Gasteiger partial charge in [-0.2, -0.15) is 0 Å². The van der Waals surface area contributed by atoms with Crippen molar-refractivity contribution in [3.63, 3.8) is 0 Å². The molecule has 0 saturated carbocycles. The average molecular weight is 123 g/mol. The number of hydrogen-bond donors (Lipinski definition) is 1. The van der Waals surface area contributed by atoms with Crippen molar-refractivity contribution in [2.75, 3.05) is 0 Å². The van der Waals surface area contributed by atoms with E-state index < -0.39 is 0 Å². The third-order valence-electron chi connectivity index (χ3n) is 2.07. The van der Waals surface area contributed by atoms with Gasteiger partial charge in [-0.3, -0.25) is 4.79 Å². The van der Waals surface area contributed by atoms with Crippen molar-refractivity contribution < 1.29 is 4.79 Å². The summed E-state index contributed by atoms with van der Waals surface area (Å²) in [4.78, 5) is 10.7. The number of hydrogen-bond acceptors (Lipinski definition) is 1. The van der Waals surface area contributed by atoms with Gasteiger partial charge in [-0.15, -0.1) is 0 Å². The number of carbonyl (C=O) groups excluding carboxylic acids is 1. The largest absolute Gasteiger partial charge is 0.349 e. The van der Waals surface area contributed by atoms with Crippen LogP contribution in [0.15, 0.2) is 12.2 Å². The third-order valence-corrected chi connectivity index (χ3v) is 2.07. The number of nitrogens with one attached hydrogen (secondary N) is 1. The number of allylic oxidation sites excluding steroid dienone is 1. The summed E-state index contributed by atoms with van der Waals surface area (Å²) in [5, 5.41) is 2.82. The monoisotopic (exact) mass is 123 g/mol. The van der Waals surface area contributed by atoms with E-state index in [1.165, 1.54) is 0 Å². The Balaban J connectivity index is 2.14. The molecule has 0 aromatic carbocycles. The van der Waals surface area contributed by atoms with Gasteiger partial charge in [0.05, 0.1) is 12.0 Å². The van der Waals surface area contributed by atoms with Crippen LogP contribution in [-0.2, 0) is 4.79 Å². The molecule has 1 amide bonds. The molecule has 9 heavy (non-hydrogen) atoms. The number of amides is 1. The molecule has 1 fully saturated rings. The molecule has 1 aliphatic heterocycles. The molecule has 0 unspecified atom stereocenters. The molecule has 2 aliphatic rings. The van der Waals surface area contributed by atoms with Crippen molar-refractivity contribution in [1.82, 2.24) is 5.32 Å². The summed E-state index contributed by atoms with van der Waals surface area (Å²) in [6.07, 6.45) is 6.36. The zero-order valence-electron chi connectivity index (χ0n) is 5.13. The minimum Gasteiger partial charge on any atom is -0.349 e. The lowest BCUT2D eigenvalue weighted by Crippen LogP contribution is -2.57. The minimum absolute atomic E-state index is 0.240. The third kappa shape index (κ3) is 0.590. The van der Waals surface area contributed by atoms with Crippen molar-refractivity contribution in [1.29, 1.82) is 0 Å². The summed E-state index contributed by atoms with van der Waals surface area (Å²) < 4.78 is 0. The van der Waals surface area contributed by atoms with Crippen LogP contribution >= 0.6 is 0 Å². The number of rotatable bonds is 0. The molecule has 0 radical (unpaired) electrons. The van der Waals surface area contributed by atoms with E-state index >= 15 is 0 Å². The maximum Gasteiger partial charge on any atom is 0.226 e. The summed E-state index contributed by atoms with van der Waals surface area (Å²) in [6, 6.07) is 0.381. The molecule has 0 aromatic rings. The number of carbonyl (C=O) groups is 1. The van der Waals surface area contributed by atoms with Crippen molar-refractivity contribution in [2.45, 2.75) is 18.9 Å². The van der Waals surface area contributed by atoms with E-state index in [1.54, 1.807) is 0 Å². The second-order valence-electron chi connectivity index (χ2n) is 2.65. The molecule has 1 N–H and O–H groups in total. The fourth-order valence-electron chi connectivity index (χ4n) is 1.45. The Kier molecular flexibility index (Phi) is 0.891. The highest BCUT2D eigenvalue weighted by Gasteiger charge is 2.37. The number of β-lactam (4-membered cyclic amide) rings is 1. The van der Waals surface area contributed by atoms with Crippen molar-refractivity contribution in [3.8, 4) is 0 Å². The Morgan fingerprint density at radius 3 is 3.11 bits per heavy atom. The maximum absolute atomic E-state index is 10.7. The van der Waals surface area contributed by atoms with Crippen LogP contribution in [0.25, 0.3) is 0 Å². The molecule has 0 aromatic heterocycles. The Bertz CT molecular complexity index is 174. The lowest BCUT2D eigenvalue weighted by Gasteiger charge is -2.36. The predicted octanol–water partition coefficient (Wildman–Crippen LogP) is 0.451. The van der Waals surface area contributed by atoms with E-state index in [-0.39, 0.29) is 5.91 Å². The molecule has 0 bridgehead atoms. The van der Waals surface area contributed by atoms with Gasteiger partial charge >= 0.3 is 0 Å². The van der Waals surface area contributed by atoms with Gasteiger partial charge in [0.1, 0.15) is 0 Å². The van der Waals surface area contributed by atoms with E-state index in [9.17, 15) is 4.79 Å². The first-order chi connectivity index (χ1) is 4.38. The Morgan fingerprint density at radius 2 is 2.56 bits per heavy atom. The maximum atomic E-state index is 10.7. The fraction of sp³-hybridized carbons (Fsp3) is 0.571. The molecule has 1 aliphatic carbocycles. The van der Waals surface area contributed by atoms with E-state index in [2.05, 4.69) is 17.5 Å². The van der Waals surface area contributed by atoms with Crippen LogP contribution in [0.3, 0.4) is 0 Å². The second-order valence-corrected chi connectivity index (χ2v) is 2.65. The fourth-order valence-corrected chi connectivity index (χ4v) is 1.45. The molecule has 2 nitrogen and oxygen atoms in total. The average Bonchev–Trinajstić information content (AvgIpc) is 1.86. The van der Waals surface area contributed by atoms with Gasteiger partial charge in [0.25, 0.3) is 0 Å². The van der Waals surface area contributed by atoms with Crippen LogP contribution in [0.2, 0.25) is 0 Å².